The van der Waals surface area contributed by atoms with E-state index in [0.29, 0.717) is 11.0 Å². The van der Waals surface area contributed by atoms with Crippen molar-refractivity contribution >= 4 is 16.7 Å². The van der Waals surface area contributed by atoms with E-state index in [1.54, 1.807) is 21.3 Å². The van der Waals surface area contributed by atoms with Crippen LogP contribution in [-0.2, 0) is 0 Å². The molecular weight excluding hydrogens is 356 g/mol. The Morgan fingerprint density at radius 3 is 2.19 bits per heavy atom. The van der Waals surface area contributed by atoms with E-state index >= 15 is 0 Å². The molecule has 0 aliphatic carbocycles. The summed E-state index contributed by atoms with van der Waals surface area (Å²) in [4.78, 5) is 1.34. The molecule has 0 saturated carbocycles. The van der Waals surface area contributed by atoms with Crippen molar-refractivity contribution in [1.29, 1.82) is 0 Å². The summed E-state index contributed by atoms with van der Waals surface area (Å²) in [6, 6.07) is 4.14. The van der Waals surface area contributed by atoms with Crippen molar-refractivity contribution < 1.29 is 14.2 Å². The number of hydrogen-bond donors (Lipinski definition) is 0. The third-order valence-corrected chi connectivity index (χ3v) is 6.91. The van der Waals surface area contributed by atoms with Gasteiger partial charge in [-0.15, -0.1) is 11.8 Å². The van der Waals surface area contributed by atoms with Gasteiger partial charge >= 0.3 is 0 Å². The molecule has 4 heteroatoms. The van der Waals surface area contributed by atoms with E-state index in [2.05, 4.69) is 32.1 Å². The van der Waals surface area contributed by atoms with E-state index in [1.807, 2.05) is 11.8 Å². The Hall–Kier alpha value is -1.29. The summed E-state index contributed by atoms with van der Waals surface area (Å²) < 4.78 is 16.5. The lowest BCUT2D eigenvalue weighted by Crippen LogP contribution is -2.15. The van der Waals surface area contributed by atoms with Crippen LogP contribution >= 0.6 is 11.8 Å². The molecule has 0 spiro atoms. The standard InChI is InChI=1S/C23H36O3S/c1-6-8-9-10-12-17(11-7-2)21-13-14-22(27-21)18-15-19(24-3)23(26-5)20(16-18)25-4/h14-17,21H,6-13H2,1-5H3. The van der Waals surface area contributed by atoms with Crippen LogP contribution in [0.15, 0.2) is 18.2 Å². The topological polar surface area (TPSA) is 27.7 Å². The molecule has 0 amide bonds. The summed E-state index contributed by atoms with van der Waals surface area (Å²) in [7, 11) is 4.99. The first kappa shape index (κ1) is 22.0. The molecule has 0 bridgehead atoms. The number of methoxy groups -OCH3 is 3. The fourth-order valence-electron chi connectivity index (χ4n) is 3.90. The van der Waals surface area contributed by atoms with Gasteiger partial charge in [0.2, 0.25) is 5.75 Å². The van der Waals surface area contributed by atoms with Gasteiger partial charge in [-0.2, -0.15) is 0 Å². The van der Waals surface area contributed by atoms with E-state index in [0.717, 1.165) is 23.8 Å². The lowest BCUT2D eigenvalue weighted by Gasteiger charge is -2.23. The molecule has 0 aromatic heterocycles. The molecule has 27 heavy (non-hydrogen) atoms. The zero-order valence-corrected chi connectivity index (χ0v) is 18.5. The van der Waals surface area contributed by atoms with Crippen molar-refractivity contribution in [2.24, 2.45) is 5.92 Å². The molecule has 0 N–H and O–H groups in total. The zero-order chi connectivity index (χ0) is 19.6. The van der Waals surface area contributed by atoms with Gasteiger partial charge in [0.05, 0.1) is 21.3 Å². The average molecular weight is 393 g/mol. The van der Waals surface area contributed by atoms with E-state index in [4.69, 9.17) is 14.2 Å². The van der Waals surface area contributed by atoms with Crippen molar-refractivity contribution in [2.75, 3.05) is 21.3 Å². The minimum absolute atomic E-state index is 0.656. The average Bonchev–Trinajstić information content (AvgIpc) is 3.19. The van der Waals surface area contributed by atoms with Gasteiger partial charge in [-0.25, -0.2) is 0 Å². The van der Waals surface area contributed by atoms with E-state index in [-0.39, 0.29) is 0 Å². The predicted octanol–water partition coefficient (Wildman–Crippen LogP) is 6.95. The quantitative estimate of drug-likeness (QED) is 0.360. The van der Waals surface area contributed by atoms with Crippen LogP contribution in [0.2, 0.25) is 0 Å². The second-order valence-electron chi connectivity index (χ2n) is 7.27. The van der Waals surface area contributed by atoms with E-state index in [1.165, 1.54) is 55.4 Å². The fourth-order valence-corrected chi connectivity index (χ4v) is 5.33. The van der Waals surface area contributed by atoms with Crippen LogP contribution < -0.4 is 14.2 Å². The van der Waals surface area contributed by atoms with Crippen LogP contribution in [0.1, 0.15) is 70.8 Å². The normalized spacial score (nSPS) is 17.5. The van der Waals surface area contributed by atoms with Crippen molar-refractivity contribution in [1.82, 2.24) is 0 Å². The summed E-state index contributed by atoms with van der Waals surface area (Å²) >= 11 is 2.04. The molecule has 1 aliphatic rings. The van der Waals surface area contributed by atoms with Gasteiger partial charge in [-0.1, -0.05) is 52.0 Å². The monoisotopic (exact) mass is 392 g/mol. The summed E-state index contributed by atoms with van der Waals surface area (Å²) in [5.41, 5.74) is 1.17. The molecule has 2 rings (SSSR count). The van der Waals surface area contributed by atoms with Gasteiger partial charge < -0.3 is 14.2 Å². The summed E-state index contributed by atoms with van der Waals surface area (Å²) in [6.07, 6.45) is 12.9. The molecule has 2 unspecified atom stereocenters. The highest BCUT2D eigenvalue weighted by atomic mass is 32.2. The van der Waals surface area contributed by atoms with Gasteiger partial charge in [-0.05, 0) is 42.9 Å². The minimum atomic E-state index is 0.656. The number of benzene rings is 1. The lowest BCUT2D eigenvalue weighted by molar-refractivity contribution is 0.324. The molecule has 0 radical (unpaired) electrons. The molecule has 1 aliphatic heterocycles. The van der Waals surface area contributed by atoms with Crippen LogP contribution in [0.25, 0.3) is 4.91 Å². The highest BCUT2D eigenvalue weighted by molar-refractivity contribution is 8.09. The Kier molecular flexibility index (Phi) is 9.40. The van der Waals surface area contributed by atoms with Gasteiger partial charge in [0, 0.05) is 10.2 Å². The first-order valence-corrected chi connectivity index (χ1v) is 11.2. The van der Waals surface area contributed by atoms with Crippen LogP contribution in [0.4, 0.5) is 0 Å². The largest absolute Gasteiger partial charge is 0.493 e. The van der Waals surface area contributed by atoms with Crippen molar-refractivity contribution in [3.05, 3.63) is 23.8 Å². The third-order valence-electron chi connectivity index (χ3n) is 5.38. The zero-order valence-electron chi connectivity index (χ0n) is 17.7. The molecule has 0 saturated heterocycles. The van der Waals surface area contributed by atoms with Gasteiger partial charge in [0.25, 0.3) is 0 Å². The first-order chi connectivity index (χ1) is 13.2. The van der Waals surface area contributed by atoms with Gasteiger partial charge in [0.1, 0.15) is 0 Å². The van der Waals surface area contributed by atoms with E-state index in [9.17, 15) is 0 Å². The van der Waals surface area contributed by atoms with Crippen LogP contribution in [0, 0.1) is 5.92 Å². The Morgan fingerprint density at radius 1 is 0.926 bits per heavy atom. The van der Waals surface area contributed by atoms with Crippen LogP contribution in [-0.4, -0.2) is 26.6 Å². The number of rotatable bonds is 12. The molecule has 1 aromatic rings. The summed E-state index contributed by atoms with van der Waals surface area (Å²) in [5, 5.41) is 0.695. The number of unbranched alkanes of at least 4 members (excludes halogenated alkanes) is 3. The molecule has 152 valence electrons. The number of hydrogen-bond acceptors (Lipinski definition) is 4. The maximum atomic E-state index is 5.53. The summed E-state index contributed by atoms with van der Waals surface area (Å²) in [5.74, 6) is 2.92. The second kappa shape index (κ2) is 11.5. The third kappa shape index (κ3) is 5.84. The molecule has 3 nitrogen and oxygen atoms in total. The smallest absolute Gasteiger partial charge is 0.203 e. The molecule has 1 heterocycles. The molecular formula is C23H36O3S. The Morgan fingerprint density at radius 2 is 1.63 bits per heavy atom. The van der Waals surface area contributed by atoms with Crippen molar-refractivity contribution in [3.63, 3.8) is 0 Å². The van der Waals surface area contributed by atoms with Crippen molar-refractivity contribution in [2.45, 2.75) is 70.5 Å². The molecule has 2 atom stereocenters. The maximum Gasteiger partial charge on any atom is 0.203 e. The van der Waals surface area contributed by atoms with Crippen LogP contribution in [0.5, 0.6) is 17.2 Å². The summed E-state index contributed by atoms with van der Waals surface area (Å²) in [6.45, 7) is 4.59. The van der Waals surface area contributed by atoms with Crippen LogP contribution in [0.3, 0.4) is 0 Å². The van der Waals surface area contributed by atoms with Gasteiger partial charge in [-0.3, -0.25) is 0 Å². The Balaban J connectivity index is 2.09. The predicted molar refractivity (Wildman–Crippen MR) is 117 cm³/mol. The Labute approximate surface area is 169 Å². The lowest BCUT2D eigenvalue weighted by atomic mass is 9.91. The molecule has 1 aromatic carbocycles. The maximum absolute atomic E-state index is 5.53. The van der Waals surface area contributed by atoms with Gasteiger partial charge in [0.15, 0.2) is 11.5 Å². The number of allylic oxidation sites excluding steroid dienone is 1. The van der Waals surface area contributed by atoms with Crippen molar-refractivity contribution in [3.8, 4) is 17.2 Å². The Bertz CT molecular complexity index is 587. The number of ether oxygens (including phenoxy) is 3. The minimum Gasteiger partial charge on any atom is -0.493 e. The number of thioether (sulfide) groups is 1. The first-order valence-electron chi connectivity index (χ1n) is 10.4. The SMILES string of the molecule is CCCCCCC(CCC)C1CC=C(c2cc(OC)c(OC)c(OC)c2)S1. The highest BCUT2D eigenvalue weighted by Gasteiger charge is 2.27. The highest BCUT2D eigenvalue weighted by Crippen LogP contribution is 2.48. The van der Waals surface area contributed by atoms with E-state index < -0.39 is 0 Å². The second-order valence-corrected chi connectivity index (χ2v) is 8.55. The molecule has 0 fully saturated rings. The fraction of sp³-hybridized carbons (Fsp3) is 0.652.